The molecular weight excluding hydrogens is 188 g/mol. The van der Waals surface area contributed by atoms with Crippen LogP contribution in [0.3, 0.4) is 0 Å². The summed E-state index contributed by atoms with van der Waals surface area (Å²) in [7, 11) is 0. The summed E-state index contributed by atoms with van der Waals surface area (Å²) in [6, 6.07) is 3.26. The van der Waals surface area contributed by atoms with Crippen LogP contribution in [0.25, 0.3) is 0 Å². The van der Waals surface area contributed by atoms with Crippen molar-refractivity contribution in [3.8, 4) is 6.07 Å². The number of hydrogen-bond acceptors (Lipinski definition) is 3. The van der Waals surface area contributed by atoms with Gasteiger partial charge in [-0.3, -0.25) is 0 Å². The first kappa shape index (κ1) is 10.9. The molecule has 0 saturated heterocycles. The maximum atomic E-state index is 9.22. The minimum absolute atomic E-state index is 0.103. The Bertz CT molecular complexity index is 242. The lowest BCUT2D eigenvalue weighted by Crippen LogP contribution is -2.50. The van der Waals surface area contributed by atoms with Crippen LogP contribution in [0.15, 0.2) is 0 Å². The van der Waals surface area contributed by atoms with Gasteiger partial charge in [-0.15, -0.1) is 0 Å². The Morgan fingerprint density at radius 2 is 1.87 bits per heavy atom. The van der Waals surface area contributed by atoms with Crippen LogP contribution in [-0.4, -0.2) is 23.3 Å². The lowest BCUT2D eigenvalue weighted by atomic mass is 9.86. The lowest BCUT2D eigenvalue weighted by Gasteiger charge is -2.36. The number of nitriles is 1. The fourth-order valence-corrected chi connectivity index (χ4v) is 2.69. The van der Waals surface area contributed by atoms with E-state index in [4.69, 9.17) is 5.26 Å². The standard InChI is InChI=1S/C12H20N2O/c13-8-9-4-2-1-3-5-12(9)14-10-6-11(15)7-10/h9-12,14-15H,1-7H2. The van der Waals surface area contributed by atoms with Crippen molar-refractivity contribution in [2.24, 2.45) is 5.92 Å². The minimum atomic E-state index is -0.103. The predicted octanol–water partition coefficient (Wildman–Crippen LogP) is 1.57. The molecular formula is C12H20N2O. The molecule has 0 amide bonds. The first-order valence-corrected chi connectivity index (χ1v) is 6.13. The van der Waals surface area contributed by atoms with Crippen LogP contribution in [0.1, 0.15) is 44.9 Å². The first-order valence-electron chi connectivity index (χ1n) is 6.13. The molecule has 0 bridgehead atoms. The second-order valence-electron chi connectivity index (χ2n) is 4.97. The molecule has 3 nitrogen and oxygen atoms in total. The number of nitrogens with zero attached hydrogens (tertiary/aromatic N) is 1. The van der Waals surface area contributed by atoms with E-state index in [1.807, 2.05) is 0 Å². The normalized spacial score (nSPS) is 41.3. The highest BCUT2D eigenvalue weighted by Gasteiger charge is 2.32. The Balaban J connectivity index is 1.84. The smallest absolute Gasteiger partial charge is 0.0672 e. The average molecular weight is 208 g/mol. The molecule has 2 fully saturated rings. The van der Waals surface area contributed by atoms with Gasteiger partial charge in [0, 0.05) is 12.1 Å². The van der Waals surface area contributed by atoms with Gasteiger partial charge < -0.3 is 10.4 Å². The molecule has 0 aliphatic heterocycles. The van der Waals surface area contributed by atoms with Crippen molar-refractivity contribution in [3.63, 3.8) is 0 Å². The van der Waals surface area contributed by atoms with E-state index in [-0.39, 0.29) is 12.0 Å². The van der Waals surface area contributed by atoms with Gasteiger partial charge >= 0.3 is 0 Å². The zero-order chi connectivity index (χ0) is 10.7. The first-order chi connectivity index (χ1) is 7.29. The molecule has 0 heterocycles. The molecule has 0 spiro atoms. The Kier molecular flexibility index (Phi) is 3.61. The number of aliphatic hydroxyl groups is 1. The third kappa shape index (κ3) is 2.70. The van der Waals surface area contributed by atoms with Gasteiger partial charge in [-0.2, -0.15) is 5.26 Å². The van der Waals surface area contributed by atoms with Crippen molar-refractivity contribution in [1.82, 2.24) is 5.32 Å². The molecule has 3 heteroatoms. The number of aliphatic hydroxyl groups excluding tert-OH is 1. The average Bonchev–Trinajstić information content (AvgIpc) is 2.40. The number of hydrogen-bond donors (Lipinski definition) is 2. The molecule has 84 valence electrons. The highest BCUT2D eigenvalue weighted by atomic mass is 16.3. The summed E-state index contributed by atoms with van der Waals surface area (Å²) in [5.41, 5.74) is 0. The Labute approximate surface area is 91.5 Å². The van der Waals surface area contributed by atoms with E-state index in [0.717, 1.165) is 25.7 Å². The molecule has 0 radical (unpaired) electrons. The Hall–Kier alpha value is -0.590. The topological polar surface area (TPSA) is 56.0 Å². The van der Waals surface area contributed by atoms with Gasteiger partial charge in [0.15, 0.2) is 0 Å². The monoisotopic (exact) mass is 208 g/mol. The summed E-state index contributed by atoms with van der Waals surface area (Å²) >= 11 is 0. The summed E-state index contributed by atoms with van der Waals surface area (Å²) in [5.74, 6) is 0.185. The molecule has 2 saturated carbocycles. The highest BCUT2D eigenvalue weighted by molar-refractivity contribution is 4.97. The van der Waals surface area contributed by atoms with Crippen LogP contribution in [0, 0.1) is 17.2 Å². The molecule has 2 rings (SSSR count). The molecule has 2 unspecified atom stereocenters. The minimum Gasteiger partial charge on any atom is -0.393 e. The van der Waals surface area contributed by atoms with Crippen LogP contribution in [0.2, 0.25) is 0 Å². The van der Waals surface area contributed by atoms with Crippen molar-refractivity contribution < 1.29 is 5.11 Å². The zero-order valence-electron chi connectivity index (χ0n) is 9.15. The SMILES string of the molecule is N#CC1CCCCCC1NC1CC(O)C1. The van der Waals surface area contributed by atoms with E-state index in [0.29, 0.717) is 12.1 Å². The maximum absolute atomic E-state index is 9.22. The van der Waals surface area contributed by atoms with E-state index in [1.165, 1.54) is 19.3 Å². The fraction of sp³-hybridized carbons (Fsp3) is 0.917. The van der Waals surface area contributed by atoms with Gasteiger partial charge in [-0.05, 0) is 25.7 Å². The second kappa shape index (κ2) is 4.96. The Morgan fingerprint density at radius 1 is 1.13 bits per heavy atom. The van der Waals surface area contributed by atoms with Crippen LogP contribution in [-0.2, 0) is 0 Å². The molecule has 2 aliphatic rings. The van der Waals surface area contributed by atoms with Crippen molar-refractivity contribution in [1.29, 1.82) is 5.26 Å². The molecule has 2 N–H and O–H groups in total. The lowest BCUT2D eigenvalue weighted by molar-refractivity contribution is 0.0549. The molecule has 2 atom stereocenters. The fourth-order valence-electron chi connectivity index (χ4n) is 2.69. The predicted molar refractivity (Wildman–Crippen MR) is 58.1 cm³/mol. The van der Waals surface area contributed by atoms with Gasteiger partial charge in [0.1, 0.15) is 0 Å². The van der Waals surface area contributed by atoms with E-state index in [9.17, 15) is 5.11 Å². The van der Waals surface area contributed by atoms with Crippen molar-refractivity contribution in [2.75, 3.05) is 0 Å². The summed E-state index contributed by atoms with van der Waals surface area (Å²) in [4.78, 5) is 0. The van der Waals surface area contributed by atoms with Crippen LogP contribution in [0.5, 0.6) is 0 Å². The zero-order valence-corrected chi connectivity index (χ0v) is 9.15. The molecule has 0 aromatic rings. The largest absolute Gasteiger partial charge is 0.393 e. The quantitative estimate of drug-likeness (QED) is 0.677. The van der Waals surface area contributed by atoms with E-state index < -0.39 is 0 Å². The highest BCUT2D eigenvalue weighted by Crippen LogP contribution is 2.27. The van der Waals surface area contributed by atoms with Crippen molar-refractivity contribution in [3.05, 3.63) is 0 Å². The summed E-state index contributed by atoms with van der Waals surface area (Å²) in [6.07, 6.45) is 7.52. The third-order valence-electron chi connectivity index (χ3n) is 3.74. The molecule has 0 aromatic heterocycles. The van der Waals surface area contributed by atoms with Gasteiger partial charge in [0.25, 0.3) is 0 Å². The van der Waals surface area contributed by atoms with Gasteiger partial charge in [0.2, 0.25) is 0 Å². The van der Waals surface area contributed by atoms with Crippen LogP contribution >= 0.6 is 0 Å². The number of nitrogens with one attached hydrogen (secondary N) is 1. The van der Waals surface area contributed by atoms with E-state index >= 15 is 0 Å². The second-order valence-corrected chi connectivity index (χ2v) is 4.97. The van der Waals surface area contributed by atoms with E-state index in [2.05, 4.69) is 11.4 Å². The summed E-state index contributed by atoms with van der Waals surface area (Å²) in [6.45, 7) is 0. The summed E-state index contributed by atoms with van der Waals surface area (Å²) in [5, 5.41) is 21.9. The third-order valence-corrected chi connectivity index (χ3v) is 3.74. The molecule has 0 aromatic carbocycles. The van der Waals surface area contributed by atoms with Crippen molar-refractivity contribution >= 4 is 0 Å². The van der Waals surface area contributed by atoms with E-state index in [1.54, 1.807) is 0 Å². The maximum Gasteiger partial charge on any atom is 0.0672 e. The van der Waals surface area contributed by atoms with Crippen LogP contribution in [0.4, 0.5) is 0 Å². The molecule has 2 aliphatic carbocycles. The van der Waals surface area contributed by atoms with Gasteiger partial charge in [0.05, 0.1) is 18.1 Å². The summed E-state index contributed by atoms with van der Waals surface area (Å²) < 4.78 is 0. The number of rotatable bonds is 2. The van der Waals surface area contributed by atoms with Crippen LogP contribution < -0.4 is 5.32 Å². The Morgan fingerprint density at radius 3 is 2.53 bits per heavy atom. The van der Waals surface area contributed by atoms with Crippen molar-refractivity contribution in [2.45, 2.75) is 63.1 Å². The van der Waals surface area contributed by atoms with Gasteiger partial charge in [-0.1, -0.05) is 19.3 Å². The van der Waals surface area contributed by atoms with Gasteiger partial charge in [-0.25, -0.2) is 0 Å². The molecule has 15 heavy (non-hydrogen) atoms.